The fraction of sp³-hybridized carbons (Fsp3) is 0.611. The van der Waals surface area contributed by atoms with Gasteiger partial charge in [0, 0.05) is 62.8 Å². The molecule has 0 aliphatic carbocycles. The molecule has 0 N–H and O–H groups in total. The Kier molecular flexibility index (Phi) is 8.12. The lowest BCUT2D eigenvalue weighted by Gasteiger charge is -2.37. The Morgan fingerprint density at radius 1 is 1.00 bits per heavy atom. The van der Waals surface area contributed by atoms with Crippen LogP contribution in [0, 0.1) is 0 Å². The largest absolute Gasteiger partial charge is 0.446 e. The monoisotopic (exact) mass is 423 g/mol. The summed E-state index contributed by atoms with van der Waals surface area (Å²) < 4.78 is 37.6. The van der Waals surface area contributed by atoms with Crippen molar-refractivity contribution in [3.63, 3.8) is 0 Å². The van der Waals surface area contributed by atoms with Gasteiger partial charge in [-0.2, -0.15) is 13.2 Å². The third kappa shape index (κ3) is 6.76. The molecule has 1 aromatic rings. The number of carbonyl (C=O) groups is 1. The summed E-state index contributed by atoms with van der Waals surface area (Å²) >= 11 is -0.0710. The highest BCUT2D eigenvalue weighted by Crippen LogP contribution is 2.38. The van der Waals surface area contributed by atoms with E-state index in [1.165, 1.54) is 6.07 Å². The maximum absolute atomic E-state index is 12.5. The number of benzene rings is 1. The molecular formula is C18H25ClF3N3OS. The average molecular weight is 424 g/mol. The third-order valence-corrected chi connectivity index (χ3v) is 5.62. The van der Waals surface area contributed by atoms with Gasteiger partial charge in [0.05, 0.1) is 0 Å². The van der Waals surface area contributed by atoms with Crippen LogP contribution in [-0.4, -0.2) is 67.0 Å². The van der Waals surface area contributed by atoms with E-state index < -0.39 is 5.51 Å². The van der Waals surface area contributed by atoms with E-state index in [2.05, 4.69) is 9.80 Å². The van der Waals surface area contributed by atoms with Gasteiger partial charge in [-0.15, -0.1) is 12.4 Å². The third-order valence-electron chi connectivity index (χ3n) is 4.90. The number of nitrogens with zero attached hydrogens (tertiary/aromatic N) is 3. The summed E-state index contributed by atoms with van der Waals surface area (Å²) in [5.41, 5.74) is -3.42. The summed E-state index contributed by atoms with van der Waals surface area (Å²) in [5, 5.41) is 0. The fourth-order valence-electron chi connectivity index (χ4n) is 3.47. The van der Waals surface area contributed by atoms with Gasteiger partial charge in [-0.3, -0.25) is 9.69 Å². The standard InChI is InChI=1S/C18H24F3N3OS.ClH/c19-18(20,21)26-16-5-3-4-15(14-16)23-11-8-22(9-12-23)10-13-24-7-2-1-6-17(24)25;/h3-5,14H,1-2,6-13H2;1H. The van der Waals surface area contributed by atoms with Gasteiger partial charge in [0.2, 0.25) is 5.91 Å². The molecule has 0 saturated carbocycles. The Hall–Kier alpha value is -1.12. The first-order chi connectivity index (χ1) is 12.4. The predicted octanol–water partition coefficient (Wildman–Crippen LogP) is 3.85. The van der Waals surface area contributed by atoms with Gasteiger partial charge in [-0.1, -0.05) is 6.07 Å². The van der Waals surface area contributed by atoms with E-state index in [4.69, 9.17) is 0 Å². The van der Waals surface area contributed by atoms with Crippen LogP contribution in [0.1, 0.15) is 19.3 Å². The highest BCUT2D eigenvalue weighted by atomic mass is 35.5. The second-order valence-corrected chi connectivity index (χ2v) is 7.85. The molecule has 0 aromatic heterocycles. The molecule has 152 valence electrons. The van der Waals surface area contributed by atoms with Crippen molar-refractivity contribution >= 4 is 35.8 Å². The molecule has 27 heavy (non-hydrogen) atoms. The SMILES string of the molecule is Cl.O=C1CCCCN1CCN1CCN(c2cccc(SC(F)(F)F)c2)CC1. The van der Waals surface area contributed by atoms with E-state index in [1.807, 2.05) is 11.0 Å². The number of piperidine rings is 1. The van der Waals surface area contributed by atoms with E-state index >= 15 is 0 Å². The molecule has 2 aliphatic heterocycles. The molecule has 0 unspecified atom stereocenters. The van der Waals surface area contributed by atoms with Crippen LogP contribution >= 0.6 is 24.2 Å². The highest BCUT2D eigenvalue weighted by Gasteiger charge is 2.29. The molecular weight excluding hydrogens is 399 g/mol. The first-order valence-corrected chi connectivity index (χ1v) is 9.83. The van der Waals surface area contributed by atoms with Crippen molar-refractivity contribution in [2.24, 2.45) is 0 Å². The van der Waals surface area contributed by atoms with Crippen molar-refractivity contribution in [3.05, 3.63) is 24.3 Å². The lowest BCUT2D eigenvalue weighted by Crippen LogP contribution is -2.49. The molecule has 9 heteroatoms. The number of halogens is 4. The van der Waals surface area contributed by atoms with E-state index in [-0.39, 0.29) is 35.0 Å². The second-order valence-electron chi connectivity index (χ2n) is 6.71. The zero-order valence-corrected chi connectivity index (χ0v) is 16.7. The number of amides is 1. The highest BCUT2D eigenvalue weighted by molar-refractivity contribution is 8.00. The van der Waals surface area contributed by atoms with Crippen LogP contribution in [0.15, 0.2) is 29.2 Å². The zero-order chi connectivity index (χ0) is 18.6. The minimum atomic E-state index is -4.26. The van der Waals surface area contributed by atoms with E-state index in [1.54, 1.807) is 12.1 Å². The number of thioether (sulfide) groups is 1. The lowest BCUT2D eigenvalue weighted by molar-refractivity contribution is -0.133. The average Bonchev–Trinajstić information content (AvgIpc) is 2.60. The molecule has 2 saturated heterocycles. The Balaban J connectivity index is 0.00000261. The number of hydrogen-bond acceptors (Lipinski definition) is 4. The summed E-state index contributed by atoms with van der Waals surface area (Å²) in [5.74, 6) is 0.258. The fourth-order valence-corrected chi connectivity index (χ4v) is 4.06. The summed E-state index contributed by atoms with van der Waals surface area (Å²) in [6.07, 6.45) is 2.76. The van der Waals surface area contributed by atoms with E-state index in [9.17, 15) is 18.0 Å². The molecule has 2 fully saturated rings. The normalized spacial score (nSPS) is 19.1. The lowest BCUT2D eigenvalue weighted by atomic mass is 10.1. The number of likely N-dealkylation sites (tertiary alicyclic amines) is 1. The summed E-state index contributed by atoms with van der Waals surface area (Å²) in [6.45, 7) is 5.79. The summed E-state index contributed by atoms with van der Waals surface area (Å²) in [6, 6.07) is 6.65. The summed E-state index contributed by atoms with van der Waals surface area (Å²) in [7, 11) is 0. The first kappa shape index (κ1) is 22.2. The van der Waals surface area contributed by atoms with Crippen LogP contribution in [0.3, 0.4) is 0 Å². The van der Waals surface area contributed by atoms with Crippen LogP contribution in [0.2, 0.25) is 0 Å². The Labute approximate surface area is 168 Å². The quantitative estimate of drug-likeness (QED) is 0.672. The predicted molar refractivity (Wildman–Crippen MR) is 105 cm³/mol. The molecule has 3 rings (SSSR count). The van der Waals surface area contributed by atoms with Crippen LogP contribution < -0.4 is 4.90 Å². The van der Waals surface area contributed by atoms with Crippen molar-refractivity contribution in [2.75, 3.05) is 50.7 Å². The van der Waals surface area contributed by atoms with Crippen molar-refractivity contribution < 1.29 is 18.0 Å². The van der Waals surface area contributed by atoms with Crippen molar-refractivity contribution in [3.8, 4) is 0 Å². The Bertz CT molecular complexity index is 624. The molecule has 2 aliphatic rings. The van der Waals surface area contributed by atoms with E-state index in [0.29, 0.717) is 6.42 Å². The van der Waals surface area contributed by atoms with Crippen molar-refractivity contribution in [2.45, 2.75) is 29.7 Å². The van der Waals surface area contributed by atoms with Crippen LogP contribution in [-0.2, 0) is 4.79 Å². The molecule has 0 atom stereocenters. The second kappa shape index (κ2) is 9.89. The van der Waals surface area contributed by atoms with Crippen LogP contribution in [0.5, 0.6) is 0 Å². The first-order valence-electron chi connectivity index (χ1n) is 9.02. The minimum Gasteiger partial charge on any atom is -0.369 e. The Morgan fingerprint density at radius 3 is 2.41 bits per heavy atom. The van der Waals surface area contributed by atoms with Crippen molar-refractivity contribution in [1.29, 1.82) is 0 Å². The molecule has 0 spiro atoms. The number of rotatable bonds is 5. The maximum Gasteiger partial charge on any atom is 0.446 e. The van der Waals surface area contributed by atoms with Gasteiger partial charge in [0.1, 0.15) is 0 Å². The maximum atomic E-state index is 12.5. The summed E-state index contributed by atoms with van der Waals surface area (Å²) in [4.78, 5) is 18.5. The molecule has 0 radical (unpaired) electrons. The molecule has 1 aromatic carbocycles. The molecule has 1 amide bonds. The van der Waals surface area contributed by atoms with E-state index in [0.717, 1.165) is 64.3 Å². The topological polar surface area (TPSA) is 26.8 Å². The smallest absolute Gasteiger partial charge is 0.369 e. The number of piperazine rings is 1. The number of alkyl halides is 3. The van der Waals surface area contributed by atoms with Crippen LogP contribution in [0.4, 0.5) is 18.9 Å². The van der Waals surface area contributed by atoms with Crippen molar-refractivity contribution in [1.82, 2.24) is 9.80 Å². The minimum absolute atomic E-state index is 0. The number of carbonyl (C=O) groups excluding carboxylic acids is 1. The number of hydrogen-bond donors (Lipinski definition) is 0. The van der Waals surface area contributed by atoms with Gasteiger partial charge in [-0.05, 0) is 42.8 Å². The molecule has 4 nitrogen and oxygen atoms in total. The van der Waals surface area contributed by atoms with Crippen LogP contribution in [0.25, 0.3) is 0 Å². The Morgan fingerprint density at radius 2 is 1.74 bits per heavy atom. The number of anilines is 1. The molecule has 0 bridgehead atoms. The molecule has 2 heterocycles. The van der Waals surface area contributed by atoms with Gasteiger partial charge >= 0.3 is 5.51 Å². The van der Waals surface area contributed by atoms with Gasteiger partial charge in [-0.25, -0.2) is 0 Å². The zero-order valence-electron chi connectivity index (χ0n) is 15.1. The van der Waals surface area contributed by atoms with Gasteiger partial charge in [0.15, 0.2) is 0 Å². The van der Waals surface area contributed by atoms with Gasteiger partial charge in [0.25, 0.3) is 0 Å². The van der Waals surface area contributed by atoms with Gasteiger partial charge < -0.3 is 9.80 Å².